The summed E-state index contributed by atoms with van der Waals surface area (Å²) in [6.07, 6.45) is 0.620. The SMILES string of the molecule is c1ccc2c(c1)-c1ccc(OCC3CO3)cc1C2(c1ccc(OCC2CO2)cc1)c1ccc(OCC2CO2)cc1. The highest BCUT2D eigenvalue weighted by Crippen LogP contribution is 2.57. The van der Waals surface area contributed by atoms with Crippen LogP contribution in [-0.2, 0) is 19.6 Å². The van der Waals surface area contributed by atoms with Gasteiger partial charge in [0.1, 0.15) is 55.4 Å². The Labute approximate surface area is 233 Å². The second-order valence-corrected chi connectivity index (χ2v) is 10.9. The Morgan fingerprint density at radius 2 is 0.975 bits per heavy atom. The van der Waals surface area contributed by atoms with Crippen molar-refractivity contribution < 1.29 is 28.4 Å². The van der Waals surface area contributed by atoms with Crippen molar-refractivity contribution in [2.24, 2.45) is 0 Å². The molecule has 0 aromatic heterocycles. The summed E-state index contributed by atoms with van der Waals surface area (Å²) in [6, 6.07) is 32.2. The van der Waals surface area contributed by atoms with Crippen molar-refractivity contribution in [3.05, 3.63) is 113 Å². The average Bonchev–Trinajstić information content (AvgIpc) is 3.86. The van der Waals surface area contributed by atoms with Gasteiger partial charge in [0.2, 0.25) is 0 Å². The lowest BCUT2D eigenvalue weighted by Gasteiger charge is -2.34. The van der Waals surface area contributed by atoms with Crippen LogP contribution in [0.5, 0.6) is 17.2 Å². The number of hydrogen-bond donors (Lipinski definition) is 0. The fourth-order valence-electron chi connectivity index (χ4n) is 5.80. The van der Waals surface area contributed by atoms with Crippen LogP contribution < -0.4 is 14.2 Å². The first-order valence-corrected chi connectivity index (χ1v) is 14.0. The molecular weight excluding hydrogens is 504 g/mol. The van der Waals surface area contributed by atoms with Crippen LogP contribution in [0.25, 0.3) is 11.1 Å². The quantitative estimate of drug-likeness (QED) is 0.212. The molecule has 0 bridgehead atoms. The normalized spacial score (nSPS) is 25.1. The standard InChI is InChI=1S/C34H30O6/c1-2-4-32-30(3-1)31-14-13-26(37-18-29-21-40-29)15-33(31)34(32,22-5-9-24(10-6-22)35-16-27-19-38-27)23-7-11-25(12-8-23)36-17-28-20-39-28/h1-15,27-29H,16-21H2. The van der Waals surface area contributed by atoms with Crippen LogP contribution in [-0.4, -0.2) is 58.0 Å². The summed E-state index contributed by atoms with van der Waals surface area (Å²) in [4.78, 5) is 0. The van der Waals surface area contributed by atoms with E-state index in [4.69, 9.17) is 28.4 Å². The Kier molecular flexibility index (Phi) is 5.80. The molecular formula is C34H30O6. The molecule has 3 aliphatic heterocycles. The fraction of sp³-hybridized carbons (Fsp3) is 0.294. The number of epoxide rings is 3. The maximum Gasteiger partial charge on any atom is 0.119 e. The molecule has 4 aromatic rings. The van der Waals surface area contributed by atoms with E-state index in [1.54, 1.807) is 0 Å². The van der Waals surface area contributed by atoms with Crippen LogP contribution in [0.2, 0.25) is 0 Å². The zero-order valence-corrected chi connectivity index (χ0v) is 22.1. The molecule has 0 saturated carbocycles. The second-order valence-electron chi connectivity index (χ2n) is 10.9. The second kappa shape index (κ2) is 9.66. The van der Waals surface area contributed by atoms with Crippen LogP contribution in [0, 0.1) is 0 Å². The number of rotatable bonds is 11. The third-order valence-electron chi connectivity index (χ3n) is 8.11. The van der Waals surface area contributed by atoms with Gasteiger partial charge in [-0.15, -0.1) is 0 Å². The first kappa shape index (κ1) is 24.0. The van der Waals surface area contributed by atoms with Crippen LogP contribution in [0.1, 0.15) is 22.3 Å². The van der Waals surface area contributed by atoms with E-state index in [1.165, 1.54) is 22.3 Å². The van der Waals surface area contributed by atoms with E-state index in [9.17, 15) is 0 Å². The number of ether oxygens (including phenoxy) is 6. The van der Waals surface area contributed by atoms with Crippen molar-refractivity contribution in [1.82, 2.24) is 0 Å². The summed E-state index contributed by atoms with van der Waals surface area (Å²) < 4.78 is 34.2. The Morgan fingerprint density at radius 1 is 0.525 bits per heavy atom. The van der Waals surface area contributed by atoms with Crippen LogP contribution in [0.3, 0.4) is 0 Å². The van der Waals surface area contributed by atoms with Gasteiger partial charge in [-0.3, -0.25) is 0 Å². The lowest BCUT2D eigenvalue weighted by atomic mass is 9.67. The van der Waals surface area contributed by atoms with E-state index >= 15 is 0 Å². The highest BCUT2D eigenvalue weighted by molar-refractivity contribution is 5.86. The molecule has 6 nitrogen and oxygen atoms in total. The molecule has 40 heavy (non-hydrogen) atoms. The van der Waals surface area contributed by atoms with Gasteiger partial charge in [0, 0.05) is 0 Å². The third-order valence-corrected chi connectivity index (χ3v) is 8.11. The molecule has 0 radical (unpaired) electrons. The van der Waals surface area contributed by atoms with Crippen molar-refractivity contribution >= 4 is 0 Å². The van der Waals surface area contributed by atoms with E-state index in [2.05, 4.69) is 91.0 Å². The highest BCUT2D eigenvalue weighted by Gasteiger charge is 2.46. The van der Waals surface area contributed by atoms with Gasteiger partial charge in [-0.1, -0.05) is 54.6 Å². The van der Waals surface area contributed by atoms with E-state index in [1.807, 2.05) is 0 Å². The van der Waals surface area contributed by atoms with Gasteiger partial charge in [0.25, 0.3) is 0 Å². The minimum Gasteiger partial charge on any atom is -0.491 e. The third kappa shape index (κ3) is 4.42. The van der Waals surface area contributed by atoms with E-state index in [0.717, 1.165) is 48.2 Å². The first-order valence-electron chi connectivity index (χ1n) is 14.0. The van der Waals surface area contributed by atoms with Gasteiger partial charge in [-0.05, 0) is 69.8 Å². The zero-order chi connectivity index (χ0) is 26.5. The van der Waals surface area contributed by atoms with Gasteiger partial charge in [0.15, 0.2) is 0 Å². The monoisotopic (exact) mass is 534 g/mol. The number of fused-ring (bicyclic) bond motifs is 3. The largest absolute Gasteiger partial charge is 0.491 e. The molecule has 4 aliphatic rings. The zero-order valence-electron chi connectivity index (χ0n) is 22.1. The lowest BCUT2D eigenvalue weighted by Crippen LogP contribution is -2.28. The molecule has 3 atom stereocenters. The predicted molar refractivity (Wildman–Crippen MR) is 149 cm³/mol. The summed E-state index contributed by atoms with van der Waals surface area (Å²) in [5.74, 6) is 2.53. The topological polar surface area (TPSA) is 65.3 Å². The summed E-state index contributed by atoms with van der Waals surface area (Å²) in [7, 11) is 0. The van der Waals surface area contributed by atoms with Crippen molar-refractivity contribution in [2.45, 2.75) is 23.7 Å². The van der Waals surface area contributed by atoms with Gasteiger partial charge >= 0.3 is 0 Å². The Bertz CT molecular complexity index is 1460. The molecule has 1 aliphatic carbocycles. The van der Waals surface area contributed by atoms with Gasteiger partial charge in [-0.2, -0.15) is 0 Å². The maximum atomic E-state index is 6.19. The average molecular weight is 535 g/mol. The summed E-state index contributed by atoms with van der Waals surface area (Å²) in [5, 5.41) is 0. The van der Waals surface area contributed by atoms with E-state index < -0.39 is 5.41 Å². The van der Waals surface area contributed by atoms with Crippen LogP contribution in [0.4, 0.5) is 0 Å². The molecule has 6 heteroatoms. The van der Waals surface area contributed by atoms with Crippen LogP contribution >= 0.6 is 0 Å². The minimum absolute atomic E-state index is 0.192. The summed E-state index contributed by atoms with van der Waals surface area (Å²) in [6.45, 7) is 4.04. The van der Waals surface area contributed by atoms with Gasteiger partial charge in [0.05, 0.1) is 25.2 Å². The summed E-state index contributed by atoms with van der Waals surface area (Å²) in [5.41, 5.74) is 6.66. The predicted octanol–water partition coefficient (Wildman–Crippen LogP) is 5.38. The van der Waals surface area contributed by atoms with Gasteiger partial charge in [-0.25, -0.2) is 0 Å². The smallest absolute Gasteiger partial charge is 0.119 e. The maximum absolute atomic E-state index is 6.19. The first-order chi connectivity index (χ1) is 19.8. The van der Waals surface area contributed by atoms with Crippen molar-refractivity contribution in [1.29, 1.82) is 0 Å². The van der Waals surface area contributed by atoms with Crippen molar-refractivity contribution in [3.8, 4) is 28.4 Å². The van der Waals surface area contributed by atoms with E-state index in [-0.39, 0.29) is 18.3 Å². The number of hydrogen-bond acceptors (Lipinski definition) is 6. The van der Waals surface area contributed by atoms with E-state index in [0.29, 0.717) is 19.8 Å². The molecule has 3 heterocycles. The summed E-state index contributed by atoms with van der Waals surface area (Å²) >= 11 is 0. The number of benzene rings is 4. The van der Waals surface area contributed by atoms with Crippen molar-refractivity contribution in [3.63, 3.8) is 0 Å². The lowest BCUT2D eigenvalue weighted by molar-refractivity contribution is 0.262. The molecule has 0 N–H and O–H groups in total. The highest BCUT2D eigenvalue weighted by atomic mass is 16.6. The minimum atomic E-state index is -0.544. The molecule has 0 spiro atoms. The molecule has 4 aromatic carbocycles. The Morgan fingerprint density at radius 3 is 1.50 bits per heavy atom. The van der Waals surface area contributed by atoms with Crippen molar-refractivity contribution in [2.75, 3.05) is 39.6 Å². The van der Waals surface area contributed by atoms with Crippen LogP contribution in [0.15, 0.2) is 91.0 Å². The molecule has 3 unspecified atom stereocenters. The van der Waals surface area contributed by atoms with Gasteiger partial charge < -0.3 is 28.4 Å². The molecule has 3 saturated heterocycles. The Hall–Kier alpha value is -3.84. The molecule has 3 fully saturated rings. The Balaban J connectivity index is 1.25. The fourth-order valence-corrected chi connectivity index (χ4v) is 5.80. The molecule has 0 amide bonds. The molecule has 202 valence electrons. The molecule has 8 rings (SSSR count).